The summed E-state index contributed by atoms with van der Waals surface area (Å²) in [6, 6.07) is 3.72. The lowest BCUT2D eigenvalue weighted by atomic mass is 10.2. The van der Waals surface area contributed by atoms with Gasteiger partial charge in [-0.25, -0.2) is 0 Å². The van der Waals surface area contributed by atoms with E-state index >= 15 is 0 Å². The number of halogens is 4. The van der Waals surface area contributed by atoms with Crippen LogP contribution in [0, 0.1) is 0 Å². The highest BCUT2D eigenvalue weighted by atomic mass is 19.3. The Kier molecular flexibility index (Phi) is 4.62. The second-order valence-corrected chi connectivity index (χ2v) is 3.55. The third-order valence-corrected chi connectivity index (χ3v) is 1.96. The molecule has 0 amide bonds. The van der Waals surface area contributed by atoms with E-state index in [1.807, 2.05) is 13.8 Å². The van der Waals surface area contributed by atoms with Crippen LogP contribution in [0.1, 0.15) is 26.3 Å². The van der Waals surface area contributed by atoms with Gasteiger partial charge in [-0.2, -0.15) is 8.78 Å². The van der Waals surface area contributed by atoms with E-state index in [0.717, 1.165) is 0 Å². The molecule has 0 aromatic heterocycles. The summed E-state index contributed by atoms with van der Waals surface area (Å²) >= 11 is 0. The molecule has 1 heterocycles. The van der Waals surface area contributed by atoms with Gasteiger partial charge in [-0.3, -0.25) is 0 Å². The van der Waals surface area contributed by atoms with Crippen molar-refractivity contribution in [2.45, 2.75) is 39.8 Å². The molecule has 1 aliphatic heterocycles. The number of hydrogen-bond acceptors (Lipinski definition) is 3. The molecular weight excluding hydrogens is 268 g/mol. The molecule has 0 atom stereocenters. The smallest absolute Gasteiger partial charge is 0.395 e. The van der Waals surface area contributed by atoms with Crippen molar-refractivity contribution < 1.29 is 31.8 Å². The fourth-order valence-electron chi connectivity index (χ4n) is 1.29. The third-order valence-electron chi connectivity index (χ3n) is 1.96. The average Bonchev–Trinajstić information content (AvgIpc) is 2.61. The van der Waals surface area contributed by atoms with E-state index in [9.17, 15) is 17.6 Å². The number of alkyl halides is 4. The van der Waals surface area contributed by atoms with Gasteiger partial charge in [0.15, 0.2) is 11.5 Å². The Hall–Kier alpha value is -1.50. The van der Waals surface area contributed by atoms with E-state index in [2.05, 4.69) is 14.2 Å². The van der Waals surface area contributed by atoms with Crippen molar-refractivity contribution in [3.05, 3.63) is 23.8 Å². The predicted molar refractivity (Wildman–Crippen MR) is 59.4 cm³/mol. The molecule has 0 bridgehead atoms. The van der Waals surface area contributed by atoms with Crippen molar-refractivity contribution in [1.29, 1.82) is 0 Å². The first-order valence-electron chi connectivity index (χ1n) is 5.66. The Balaban J connectivity index is 0.000000861. The molecule has 0 saturated heterocycles. The molecule has 19 heavy (non-hydrogen) atoms. The molecule has 0 radical (unpaired) electrons. The molecule has 1 aromatic carbocycles. The molecule has 0 unspecified atom stereocenters. The Morgan fingerprint density at radius 2 is 1.74 bits per heavy atom. The highest BCUT2D eigenvalue weighted by Gasteiger charge is 2.43. The summed E-state index contributed by atoms with van der Waals surface area (Å²) in [5, 5.41) is 0. The lowest BCUT2D eigenvalue weighted by molar-refractivity contribution is -0.286. The zero-order valence-corrected chi connectivity index (χ0v) is 10.7. The highest BCUT2D eigenvalue weighted by molar-refractivity contribution is 5.45. The van der Waals surface area contributed by atoms with Crippen LogP contribution in [-0.4, -0.2) is 12.4 Å². The van der Waals surface area contributed by atoms with Crippen LogP contribution in [0.25, 0.3) is 0 Å². The molecule has 1 aliphatic rings. The largest absolute Gasteiger partial charge is 0.586 e. The van der Waals surface area contributed by atoms with Crippen LogP contribution >= 0.6 is 0 Å². The van der Waals surface area contributed by atoms with Gasteiger partial charge >= 0.3 is 12.4 Å². The normalized spacial score (nSPS) is 15.7. The zero-order chi connectivity index (χ0) is 14.7. The van der Waals surface area contributed by atoms with Crippen molar-refractivity contribution in [2.75, 3.05) is 0 Å². The number of hydrogen-bond donors (Lipinski definition) is 0. The standard InChI is InChI=1S/C10H8F4O3.C2H6/c1-9(11,12)15-5-6-2-3-7-8(4-6)17-10(13,14)16-7;1-2/h2-4H,5H2,1H3;1-2H3. The van der Waals surface area contributed by atoms with Crippen LogP contribution in [0.4, 0.5) is 17.6 Å². The third kappa shape index (κ3) is 4.59. The van der Waals surface area contributed by atoms with Crippen LogP contribution in [0.3, 0.4) is 0 Å². The Bertz CT molecular complexity index is 429. The van der Waals surface area contributed by atoms with E-state index in [1.54, 1.807) is 0 Å². The zero-order valence-electron chi connectivity index (χ0n) is 10.7. The van der Waals surface area contributed by atoms with E-state index in [1.165, 1.54) is 18.2 Å². The number of fused-ring (bicyclic) bond motifs is 1. The van der Waals surface area contributed by atoms with Gasteiger partial charge in [0.2, 0.25) is 0 Å². The molecule has 0 saturated carbocycles. The van der Waals surface area contributed by atoms with Gasteiger partial charge in [-0.1, -0.05) is 19.9 Å². The fourth-order valence-corrected chi connectivity index (χ4v) is 1.29. The average molecular weight is 282 g/mol. The van der Waals surface area contributed by atoms with Gasteiger partial charge in [0, 0.05) is 6.92 Å². The van der Waals surface area contributed by atoms with Crippen LogP contribution < -0.4 is 9.47 Å². The summed E-state index contributed by atoms with van der Waals surface area (Å²) in [6.45, 7) is 4.18. The molecule has 1 aromatic rings. The van der Waals surface area contributed by atoms with Gasteiger partial charge in [0.1, 0.15) is 0 Å². The highest BCUT2D eigenvalue weighted by Crippen LogP contribution is 2.41. The molecule has 0 fully saturated rings. The number of rotatable bonds is 3. The van der Waals surface area contributed by atoms with Crippen molar-refractivity contribution in [2.24, 2.45) is 0 Å². The van der Waals surface area contributed by atoms with Crippen molar-refractivity contribution in [3.8, 4) is 11.5 Å². The van der Waals surface area contributed by atoms with Gasteiger partial charge in [-0.15, -0.1) is 8.78 Å². The van der Waals surface area contributed by atoms with Gasteiger partial charge in [-0.05, 0) is 17.7 Å². The minimum Gasteiger partial charge on any atom is -0.395 e. The molecule has 0 N–H and O–H groups in total. The maximum Gasteiger partial charge on any atom is 0.586 e. The maximum absolute atomic E-state index is 12.6. The molecule has 0 spiro atoms. The van der Waals surface area contributed by atoms with Crippen molar-refractivity contribution in [3.63, 3.8) is 0 Å². The van der Waals surface area contributed by atoms with E-state index in [-0.39, 0.29) is 17.1 Å². The minimum absolute atomic E-state index is 0.137. The Labute approximate surface area is 108 Å². The predicted octanol–water partition coefficient (Wildman–Crippen LogP) is 4.16. The summed E-state index contributed by atoms with van der Waals surface area (Å²) in [5.74, 6) is -0.336. The Morgan fingerprint density at radius 3 is 2.32 bits per heavy atom. The summed E-state index contributed by atoms with van der Waals surface area (Å²) in [6.07, 6.45) is -6.99. The summed E-state index contributed by atoms with van der Waals surface area (Å²) in [7, 11) is 0. The molecule has 2 rings (SSSR count). The quantitative estimate of drug-likeness (QED) is 0.779. The molecular formula is C12H14F4O3. The van der Waals surface area contributed by atoms with Gasteiger partial charge < -0.3 is 14.2 Å². The Morgan fingerprint density at radius 1 is 1.16 bits per heavy atom. The SMILES string of the molecule is CC.CC(F)(F)OCc1ccc2c(c1)OC(F)(F)O2. The summed E-state index contributed by atoms with van der Waals surface area (Å²) < 4.78 is 62.6. The first kappa shape index (κ1) is 15.6. The van der Waals surface area contributed by atoms with Gasteiger partial charge in [0.05, 0.1) is 6.61 Å². The second kappa shape index (κ2) is 5.64. The first-order chi connectivity index (χ1) is 8.75. The van der Waals surface area contributed by atoms with Crippen LogP contribution in [-0.2, 0) is 11.3 Å². The van der Waals surface area contributed by atoms with E-state index < -0.39 is 19.0 Å². The van der Waals surface area contributed by atoms with Crippen LogP contribution in [0.5, 0.6) is 11.5 Å². The second-order valence-electron chi connectivity index (χ2n) is 3.55. The van der Waals surface area contributed by atoms with E-state index in [0.29, 0.717) is 6.92 Å². The monoisotopic (exact) mass is 282 g/mol. The number of benzene rings is 1. The minimum atomic E-state index is -3.71. The summed E-state index contributed by atoms with van der Waals surface area (Å²) in [5.41, 5.74) is 0.284. The first-order valence-corrected chi connectivity index (χ1v) is 5.66. The van der Waals surface area contributed by atoms with E-state index in [4.69, 9.17) is 0 Å². The lowest BCUT2D eigenvalue weighted by Gasteiger charge is -2.11. The molecule has 3 nitrogen and oxygen atoms in total. The fraction of sp³-hybridized carbons (Fsp3) is 0.500. The lowest BCUT2D eigenvalue weighted by Crippen LogP contribution is -2.25. The summed E-state index contributed by atoms with van der Waals surface area (Å²) in [4.78, 5) is 0. The van der Waals surface area contributed by atoms with Crippen LogP contribution in [0.15, 0.2) is 18.2 Å². The number of ether oxygens (including phenoxy) is 3. The maximum atomic E-state index is 12.6. The molecule has 7 heteroatoms. The van der Waals surface area contributed by atoms with Crippen molar-refractivity contribution >= 4 is 0 Å². The van der Waals surface area contributed by atoms with Crippen molar-refractivity contribution in [1.82, 2.24) is 0 Å². The van der Waals surface area contributed by atoms with Crippen LogP contribution in [0.2, 0.25) is 0 Å². The topological polar surface area (TPSA) is 27.7 Å². The molecule has 108 valence electrons. The molecule has 0 aliphatic carbocycles. The van der Waals surface area contributed by atoms with Gasteiger partial charge in [0.25, 0.3) is 0 Å².